The van der Waals surface area contributed by atoms with E-state index in [1.165, 1.54) is 97.3 Å². The molecule has 2 heterocycles. The summed E-state index contributed by atoms with van der Waals surface area (Å²) in [6, 6.07) is -1.08. The Labute approximate surface area is 327 Å². The number of amides is 1. The fourth-order valence-corrected chi connectivity index (χ4v) is 7.61. The Morgan fingerprint density at radius 2 is 1.44 bits per heavy atom. The molecule has 7 N–H and O–H groups in total. The molecule has 0 saturated carbocycles. The maximum absolute atomic E-state index is 13.9. The van der Waals surface area contributed by atoms with Crippen LogP contribution in [0.2, 0.25) is 0 Å². The summed E-state index contributed by atoms with van der Waals surface area (Å²) in [5, 5.41) is 25.1. The molecule has 1 unspecified atom stereocenters. The molecule has 316 valence electrons. The number of ether oxygens (including phenoxy) is 3. The van der Waals surface area contributed by atoms with Gasteiger partial charge in [-0.2, -0.15) is 0 Å². The molecule has 0 radical (unpaired) electrons. The average Bonchev–Trinajstić information content (AvgIpc) is 3.52. The quantitative estimate of drug-likeness (QED) is 0.0313. The zero-order valence-corrected chi connectivity index (χ0v) is 34.9. The topological polar surface area (TPSA) is 233 Å². The fraction of sp³-hybridized carbons (Fsp3) is 0.789. The highest BCUT2D eigenvalue weighted by Gasteiger charge is 2.36. The summed E-state index contributed by atoms with van der Waals surface area (Å²) in [4.78, 5) is 33.0. The standard InChI is InChI=1S/C38H69N6O10P/c1-7-8-9-10-11-12-13-14-15-16-17-18-19-20-22-51-23-21-24-52-55(49,43-28(4)38(48)54-27(2)3)53-26-31(50-6)33(45)37(47)44-25-30(35(40)46)32-34(39)41-29(5)42-36(32)44/h25,27-28,31,33,37,45,47H,7-24,26H2,1-6H3,(H2,40,46)(H,43,49)(H2,39,41,42)/t28-,31+,33+,37+,55?/m0/s1. The van der Waals surface area contributed by atoms with Gasteiger partial charge < -0.3 is 40.5 Å². The Morgan fingerprint density at radius 1 is 0.873 bits per heavy atom. The molecule has 2 aromatic heterocycles. The lowest BCUT2D eigenvalue weighted by Gasteiger charge is -2.29. The SMILES string of the molecule is CCCCCCCCCCCCCCCCOCCCOP(=O)(N[C@@H](C)C(=O)OC(C)C)OC[C@@H](OC)[C@@H](O)[C@@H](O)n1cc(C(N)=O)c2c(N)nc(C)nc21. The van der Waals surface area contributed by atoms with Gasteiger partial charge in [-0.25, -0.2) is 19.6 Å². The predicted octanol–water partition coefficient (Wildman–Crippen LogP) is 6.25. The number of hydrogen-bond acceptors (Lipinski definition) is 13. The van der Waals surface area contributed by atoms with Crippen LogP contribution in [-0.4, -0.2) is 94.5 Å². The number of carbonyl (C=O) groups excluding carboxylic acids is 2. The van der Waals surface area contributed by atoms with Gasteiger partial charge >= 0.3 is 13.7 Å². The van der Waals surface area contributed by atoms with E-state index in [0.29, 0.717) is 19.6 Å². The van der Waals surface area contributed by atoms with Gasteiger partial charge in [0.2, 0.25) is 0 Å². The van der Waals surface area contributed by atoms with Crippen molar-refractivity contribution in [3.8, 4) is 0 Å². The number of aliphatic hydroxyl groups is 2. The van der Waals surface area contributed by atoms with E-state index in [9.17, 15) is 24.4 Å². The summed E-state index contributed by atoms with van der Waals surface area (Å²) in [7, 11) is -2.96. The maximum atomic E-state index is 13.9. The van der Waals surface area contributed by atoms with Gasteiger partial charge in [0.15, 0.2) is 6.23 Å². The number of rotatable bonds is 32. The molecule has 0 aromatic carbocycles. The van der Waals surface area contributed by atoms with Crippen LogP contribution in [0, 0.1) is 6.92 Å². The van der Waals surface area contributed by atoms with E-state index in [2.05, 4.69) is 22.0 Å². The van der Waals surface area contributed by atoms with Crippen LogP contribution in [0.5, 0.6) is 0 Å². The molecular weight excluding hydrogens is 731 g/mol. The van der Waals surface area contributed by atoms with Crippen molar-refractivity contribution < 1.29 is 47.6 Å². The number of nitrogens with zero attached hydrogens (tertiary/aromatic N) is 3. The number of methoxy groups -OCH3 is 1. The number of aliphatic hydroxyl groups excluding tert-OH is 2. The number of esters is 1. The minimum atomic E-state index is -4.22. The molecule has 16 nitrogen and oxygen atoms in total. The van der Waals surface area contributed by atoms with Gasteiger partial charge in [-0.05, 0) is 40.5 Å². The molecule has 0 spiro atoms. The van der Waals surface area contributed by atoms with E-state index in [1.54, 1.807) is 20.8 Å². The van der Waals surface area contributed by atoms with E-state index in [4.69, 9.17) is 34.7 Å². The normalized spacial score (nSPS) is 15.2. The van der Waals surface area contributed by atoms with Crippen LogP contribution < -0.4 is 16.6 Å². The third kappa shape index (κ3) is 17.6. The number of anilines is 1. The number of fused-ring (bicyclic) bond motifs is 1. The van der Waals surface area contributed by atoms with Gasteiger partial charge in [0.1, 0.15) is 35.5 Å². The van der Waals surface area contributed by atoms with Crippen molar-refractivity contribution in [3.63, 3.8) is 0 Å². The molecule has 2 rings (SSSR count). The van der Waals surface area contributed by atoms with Gasteiger partial charge in [0.05, 0.1) is 30.3 Å². The Hall–Kier alpha value is -2.69. The second-order valence-corrected chi connectivity index (χ2v) is 16.1. The summed E-state index contributed by atoms with van der Waals surface area (Å²) in [6.07, 6.45) is 14.4. The number of carbonyl (C=O) groups is 2. The van der Waals surface area contributed by atoms with Gasteiger partial charge in [-0.3, -0.25) is 18.6 Å². The van der Waals surface area contributed by atoms with Crippen molar-refractivity contribution >= 4 is 36.5 Å². The van der Waals surface area contributed by atoms with Crippen molar-refractivity contribution in [2.24, 2.45) is 5.73 Å². The van der Waals surface area contributed by atoms with Gasteiger partial charge in [0, 0.05) is 26.5 Å². The Kier molecular flexibility index (Phi) is 23.1. The largest absolute Gasteiger partial charge is 0.462 e. The highest BCUT2D eigenvalue weighted by atomic mass is 31.2. The van der Waals surface area contributed by atoms with Crippen molar-refractivity contribution in [2.75, 3.05) is 39.3 Å². The van der Waals surface area contributed by atoms with Crippen LogP contribution in [0.3, 0.4) is 0 Å². The summed E-state index contributed by atoms with van der Waals surface area (Å²) in [5.74, 6) is -1.29. The lowest BCUT2D eigenvalue weighted by molar-refractivity contribution is -0.149. The second-order valence-electron chi connectivity index (χ2n) is 14.4. The van der Waals surface area contributed by atoms with Gasteiger partial charge in [-0.15, -0.1) is 0 Å². The fourth-order valence-electron chi connectivity index (χ4n) is 6.09. The number of aromatic nitrogens is 3. The summed E-state index contributed by atoms with van der Waals surface area (Å²) in [5.41, 5.74) is 11.6. The zero-order chi connectivity index (χ0) is 40.8. The van der Waals surface area contributed by atoms with E-state index < -0.39 is 56.8 Å². The second kappa shape index (κ2) is 26.3. The van der Waals surface area contributed by atoms with E-state index in [0.717, 1.165) is 17.4 Å². The highest BCUT2D eigenvalue weighted by Crippen LogP contribution is 2.45. The summed E-state index contributed by atoms with van der Waals surface area (Å²) in [6.45, 7) is 9.08. The molecule has 0 aliphatic rings. The first-order valence-electron chi connectivity index (χ1n) is 20.0. The third-order valence-electron chi connectivity index (χ3n) is 9.15. The predicted molar refractivity (Wildman–Crippen MR) is 212 cm³/mol. The molecular formula is C38H69N6O10P. The van der Waals surface area contributed by atoms with Crippen molar-refractivity contribution in [1.29, 1.82) is 0 Å². The third-order valence-corrected chi connectivity index (χ3v) is 10.9. The van der Waals surface area contributed by atoms with Crippen LogP contribution in [0.1, 0.15) is 146 Å². The summed E-state index contributed by atoms with van der Waals surface area (Å²) < 4.78 is 42.8. The molecule has 2 aromatic rings. The van der Waals surface area contributed by atoms with E-state index in [-0.39, 0.29) is 34.8 Å². The molecule has 0 bridgehead atoms. The van der Waals surface area contributed by atoms with Crippen LogP contribution in [0.4, 0.5) is 5.82 Å². The first kappa shape index (κ1) is 48.5. The maximum Gasteiger partial charge on any atom is 0.406 e. The van der Waals surface area contributed by atoms with E-state index >= 15 is 0 Å². The Morgan fingerprint density at radius 3 is 1.98 bits per heavy atom. The Bertz CT molecular complexity index is 1460. The van der Waals surface area contributed by atoms with Crippen molar-refractivity contribution in [2.45, 2.75) is 162 Å². The molecule has 5 atom stereocenters. The first-order chi connectivity index (χ1) is 26.2. The molecule has 1 amide bonds. The number of nitrogens with one attached hydrogen (secondary N) is 1. The number of aryl methyl sites for hydroxylation is 1. The van der Waals surface area contributed by atoms with E-state index in [1.807, 2.05) is 0 Å². The first-order valence-corrected chi connectivity index (χ1v) is 21.6. The molecule has 0 aliphatic carbocycles. The smallest absolute Gasteiger partial charge is 0.406 e. The molecule has 0 saturated heterocycles. The number of unbranched alkanes of at least 4 members (excludes halogenated alkanes) is 13. The highest BCUT2D eigenvalue weighted by molar-refractivity contribution is 7.51. The average molecular weight is 801 g/mol. The number of primary amides is 1. The molecule has 17 heteroatoms. The molecule has 55 heavy (non-hydrogen) atoms. The van der Waals surface area contributed by atoms with Crippen LogP contribution in [0.15, 0.2) is 6.20 Å². The monoisotopic (exact) mass is 800 g/mol. The number of hydrogen-bond donors (Lipinski definition) is 5. The summed E-state index contributed by atoms with van der Waals surface area (Å²) >= 11 is 0. The number of nitrogen functional groups attached to an aromatic ring is 1. The number of nitrogens with two attached hydrogens (primary N) is 2. The lowest BCUT2D eigenvalue weighted by Crippen LogP contribution is -2.40. The van der Waals surface area contributed by atoms with Gasteiger partial charge in [0.25, 0.3) is 5.91 Å². The minimum Gasteiger partial charge on any atom is -0.462 e. The minimum absolute atomic E-state index is 0.0243. The lowest BCUT2D eigenvalue weighted by atomic mass is 10.0. The van der Waals surface area contributed by atoms with Gasteiger partial charge in [-0.1, -0.05) is 90.4 Å². The molecule has 0 aliphatic heterocycles. The van der Waals surface area contributed by atoms with Crippen LogP contribution in [-0.2, 0) is 32.6 Å². The zero-order valence-electron chi connectivity index (χ0n) is 34.0. The molecule has 0 fully saturated rings. The van der Waals surface area contributed by atoms with Crippen molar-refractivity contribution in [1.82, 2.24) is 19.6 Å². The Balaban J connectivity index is 1.87. The van der Waals surface area contributed by atoms with Crippen molar-refractivity contribution in [3.05, 3.63) is 17.6 Å². The van der Waals surface area contributed by atoms with Crippen LogP contribution in [0.25, 0.3) is 11.0 Å². The van der Waals surface area contributed by atoms with Crippen LogP contribution >= 0.6 is 7.75 Å².